The molecule has 1 aromatic heterocycles. The maximum Gasteiger partial charge on any atom is 0.416 e. The highest BCUT2D eigenvalue weighted by molar-refractivity contribution is 5.95. The summed E-state index contributed by atoms with van der Waals surface area (Å²) in [4.78, 5) is 37.9. The van der Waals surface area contributed by atoms with Gasteiger partial charge >= 0.3 is 6.18 Å². The number of halogens is 3. The molecule has 2 aliphatic rings. The summed E-state index contributed by atoms with van der Waals surface area (Å²) in [6.45, 7) is 2.98. The van der Waals surface area contributed by atoms with E-state index in [1.54, 1.807) is 30.0 Å². The van der Waals surface area contributed by atoms with Crippen molar-refractivity contribution < 1.29 is 32.3 Å². The van der Waals surface area contributed by atoms with Crippen LogP contribution in [0.5, 0.6) is 11.5 Å². The lowest BCUT2D eigenvalue weighted by molar-refractivity contribution is -0.137. The number of amides is 1. The fraction of sp³-hybridized carbons (Fsp3) is 0.346. The summed E-state index contributed by atoms with van der Waals surface area (Å²) in [5.41, 5.74) is 0.627. The number of carbonyl (C=O) groups is 1. The second-order valence-electron chi connectivity index (χ2n) is 8.96. The monoisotopic (exact) mass is 530 g/mol. The standard InChI is InChI=1S/C26H25F3N4O5/c1-15(16-3-6-18(7-4-16)26(27,28)29)30-25-31-20-9-10-32(14-19(20)24(35)33(25)36-2)23(34)17-5-8-21-22(13-17)38-12-11-37-21/h3-8,13,15H,9-12,14H2,1-2H3,(H,30,31)/t15-/m0/s1. The first-order valence-corrected chi connectivity index (χ1v) is 12.0. The van der Waals surface area contributed by atoms with Gasteiger partial charge in [-0.3, -0.25) is 9.59 Å². The van der Waals surface area contributed by atoms with Gasteiger partial charge in [-0.25, -0.2) is 4.98 Å². The molecule has 38 heavy (non-hydrogen) atoms. The molecule has 12 heteroatoms. The van der Waals surface area contributed by atoms with Gasteiger partial charge in [0.1, 0.15) is 20.3 Å². The summed E-state index contributed by atoms with van der Waals surface area (Å²) in [5.74, 6) is 0.944. The summed E-state index contributed by atoms with van der Waals surface area (Å²) >= 11 is 0. The molecule has 1 amide bonds. The van der Waals surface area contributed by atoms with Crippen molar-refractivity contribution in [3.05, 3.63) is 80.8 Å². The van der Waals surface area contributed by atoms with Crippen LogP contribution in [0.4, 0.5) is 19.1 Å². The number of alkyl halides is 3. The SMILES string of the molecule is COn1c(N[C@@H](C)c2ccc(C(F)(F)F)cc2)nc2c(c1=O)CN(C(=O)c1ccc3c(c1)OCCO3)CC2. The topological polar surface area (TPSA) is 94.9 Å². The van der Waals surface area contributed by atoms with Crippen molar-refractivity contribution in [3.8, 4) is 11.5 Å². The number of nitrogens with one attached hydrogen (secondary N) is 1. The van der Waals surface area contributed by atoms with Crippen molar-refractivity contribution >= 4 is 11.9 Å². The molecule has 3 heterocycles. The van der Waals surface area contributed by atoms with Crippen LogP contribution in [0.25, 0.3) is 0 Å². The third-order valence-electron chi connectivity index (χ3n) is 6.53. The van der Waals surface area contributed by atoms with Crippen molar-refractivity contribution in [2.75, 3.05) is 32.2 Å². The molecule has 0 saturated carbocycles. The van der Waals surface area contributed by atoms with E-state index in [9.17, 15) is 22.8 Å². The molecule has 0 saturated heterocycles. The van der Waals surface area contributed by atoms with Crippen LogP contribution in [0.15, 0.2) is 47.3 Å². The first kappa shape index (κ1) is 25.4. The van der Waals surface area contributed by atoms with E-state index in [-0.39, 0.29) is 18.4 Å². The van der Waals surface area contributed by atoms with E-state index in [0.717, 1.165) is 16.9 Å². The molecule has 0 fully saturated rings. The Hall–Kier alpha value is -4.22. The second-order valence-corrected chi connectivity index (χ2v) is 8.96. The Balaban J connectivity index is 1.36. The number of benzene rings is 2. The molecule has 0 unspecified atom stereocenters. The van der Waals surface area contributed by atoms with Gasteiger partial charge < -0.3 is 24.5 Å². The number of fused-ring (bicyclic) bond motifs is 2. The summed E-state index contributed by atoms with van der Waals surface area (Å²) < 4.78 is 50.8. The van der Waals surface area contributed by atoms with Gasteiger partial charge in [0.05, 0.1) is 29.4 Å². The minimum atomic E-state index is -4.43. The highest BCUT2D eigenvalue weighted by atomic mass is 19.4. The Morgan fingerprint density at radius 1 is 1.11 bits per heavy atom. The lowest BCUT2D eigenvalue weighted by Gasteiger charge is -2.29. The van der Waals surface area contributed by atoms with Crippen LogP contribution in [0, 0.1) is 0 Å². The van der Waals surface area contributed by atoms with Gasteiger partial charge in [0.25, 0.3) is 11.5 Å². The van der Waals surface area contributed by atoms with Crippen molar-refractivity contribution in [1.82, 2.24) is 14.6 Å². The molecular formula is C26H25F3N4O5. The van der Waals surface area contributed by atoms with Crippen LogP contribution in [-0.4, -0.2) is 47.4 Å². The molecule has 0 radical (unpaired) electrons. The van der Waals surface area contributed by atoms with E-state index in [1.165, 1.54) is 19.2 Å². The van der Waals surface area contributed by atoms with Gasteiger partial charge in [-0.05, 0) is 42.8 Å². The molecule has 0 bridgehead atoms. The van der Waals surface area contributed by atoms with Crippen LogP contribution in [0.2, 0.25) is 0 Å². The average Bonchev–Trinajstić information content (AvgIpc) is 2.92. The number of aromatic nitrogens is 2. The minimum absolute atomic E-state index is 0.0482. The molecule has 0 spiro atoms. The van der Waals surface area contributed by atoms with Gasteiger partial charge in [0, 0.05) is 18.5 Å². The summed E-state index contributed by atoms with van der Waals surface area (Å²) in [6, 6.07) is 9.26. The Labute approximate surface area is 215 Å². The lowest BCUT2D eigenvalue weighted by Crippen LogP contribution is -2.42. The van der Waals surface area contributed by atoms with Crippen LogP contribution >= 0.6 is 0 Å². The van der Waals surface area contributed by atoms with E-state index < -0.39 is 23.3 Å². The number of hydrogen-bond donors (Lipinski definition) is 1. The fourth-order valence-electron chi connectivity index (χ4n) is 4.49. The maximum absolute atomic E-state index is 13.3. The molecule has 0 aliphatic carbocycles. The highest BCUT2D eigenvalue weighted by Crippen LogP contribution is 2.32. The lowest BCUT2D eigenvalue weighted by atomic mass is 10.0. The van der Waals surface area contributed by atoms with E-state index in [4.69, 9.17) is 14.3 Å². The fourth-order valence-corrected chi connectivity index (χ4v) is 4.49. The number of ether oxygens (including phenoxy) is 2. The zero-order valence-corrected chi connectivity index (χ0v) is 20.7. The molecular weight excluding hydrogens is 505 g/mol. The first-order valence-electron chi connectivity index (χ1n) is 12.0. The molecule has 5 rings (SSSR count). The maximum atomic E-state index is 13.3. The van der Waals surface area contributed by atoms with Crippen molar-refractivity contribution in [2.45, 2.75) is 32.1 Å². The Kier molecular flexibility index (Phi) is 6.64. The summed E-state index contributed by atoms with van der Waals surface area (Å²) in [6.07, 6.45) is -4.09. The normalized spacial score (nSPS) is 15.4. The van der Waals surface area contributed by atoms with E-state index >= 15 is 0 Å². The zero-order valence-electron chi connectivity index (χ0n) is 20.7. The third-order valence-corrected chi connectivity index (χ3v) is 6.53. The predicted octanol–water partition coefficient (Wildman–Crippen LogP) is 3.46. The summed E-state index contributed by atoms with van der Waals surface area (Å²) in [7, 11) is 1.31. The molecule has 1 N–H and O–H groups in total. The number of rotatable bonds is 5. The van der Waals surface area contributed by atoms with E-state index in [2.05, 4.69) is 10.3 Å². The number of hydrogen-bond acceptors (Lipinski definition) is 7. The van der Waals surface area contributed by atoms with Crippen molar-refractivity contribution in [3.63, 3.8) is 0 Å². The molecule has 200 valence electrons. The van der Waals surface area contributed by atoms with E-state index in [0.29, 0.717) is 60.1 Å². The van der Waals surface area contributed by atoms with Gasteiger partial charge in [-0.2, -0.15) is 13.2 Å². The first-order chi connectivity index (χ1) is 18.2. The van der Waals surface area contributed by atoms with Crippen LogP contribution in [0.1, 0.15) is 45.7 Å². The Bertz CT molecular complexity index is 1420. The summed E-state index contributed by atoms with van der Waals surface area (Å²) in [5, 5.41) is 3.05. The highest BCUT2D eigenvalue weighted by Gasteiger charge is 2.31. The van der Waals surface area contributed by atoms with Gasteiger partial charge in [0.15, 0.2) is 11.5 Å². The van der Waals surface area contributed by atoms with Crippen molar-refractivity contribution in [1.29, 1.82) is 0 Å². The number of nitrogens with zero attached hydrogens (tertiary/aromatic N) is 3. The smallest absolute Gasteiger partial charge is 0.416 e. The molecule has 3 aromatic rings. The average molecular weight is 531 g/mol. The Morgan fingerprint density at radius 3 is 2.50 bits per heavy atom. The largest absolute Gasteiger partial charge is 0.486 e. The van der Waals surface area contributed by atoms with E-state index in [1.807, 2.05) is 0 Å². The number of carbonyl (C=O) groups excluding carboxylic acids is 1. The minimum Gasteiger partial charge on any atom is -0.486 e. The third kappa shape index (κ3) is 4.85. The number of anilines is 1. The Morgan fingerprint density at radius 2 is 1.82 bits per heavy atom. The van der Waals surface area contributed by atoms with Crippen LogP contribution < -0.4 is 25.2 Å². The molecule has 2 aromatic carbocycles. The molecule has 2 aliphatic heterocycles. The van der Waals surface area contributed by atoms with Crippen molar-refractivity contribution in [2.24, 2.45) is 0 Å². The molecule has 9 nitrogen and oxygen atoms in total. The van der Waals surface area contributed by atoms with Gasteiger partial charge in [-0.1, -0.05) is 12.1 Å². The quantitative estimate of drug-likeness (QED) is 0.540. The zero-order chi connectivity index (χ0) is 27.0. The van der Waals surface area contributed by atoms with Gasteiger partial charge in [-0.15, -0.1) is 4.73 Å². The molecule has 1 atom stereocenters. The second kappa shape index (κ2) is 9.92. The van der Waals surface area contributed by atoms with Crippen LogP contribution in [-0.2, 0) is 19.1 Å². The van der Waals surface area contributed by atoms with Gasteiger partial charge in [0.2, 0.25) is 5.95 Å². The predicted molar refractivity (Wildman–Crippen MR) is 130 cm³/mol. The van der Waals surface area contributed by atoms with Crippen LogP contribution in [0.3, 0.4) is 0 Å².